The lowest BCUT2D eigenvalue weighted by atomic mass is 10.3. The fourth-order valence-electron chi connectivity index (χ4n) is 3.16. The second-order valence-electron chi connectivity index (χ2n) is 6.97. The summed E-state index contributed by atoms with van der Waals surface area (Å²) in [5, 5.41) is 6.46. The minimum absolute atomic E-state index is 0.114. The van der Waals surface area contributed by atoms with Crippen LogP contribution in [-0.4, -0.2) is 27.9 Å². The van der Waals surface area contributed by atoms with Gasteiger partial charge in [0, 0.05) is 29.6 Å². The third-order valence-electron chi connectivity index (χ3n) is 4.76. The predicted molar refractivity (Wildman–Crippen MR) is 109 cm³/mol. The molecule has 1 aromatic heterocycles. The summed E-state index contributed by atoms with van der Waals surface area (Å²) >= 11 is 5.89. The summed E-state index contributed by atoms with van der Waals surface area (Å²) in [6, 6.07) is 14.7. The van der Waals surface area contributed by atoms with Crippen LogP contribution in [0.3, 0.4) is 0 Å². The maximum absolute atomic E-state index is 12.6. The van der Waals surface area contributed by atoms with E-state index in [1.54, 1.807) is 24.3 Å². The summed E-state index contributed by atoms with van der Waals surface area (Å²) in [4.78, 5) is 29.1. The molecule has 2 N–H and O–H groups in total. The molecule has 6 nitrogen and oxygen atoms in total. The first kappa shape index (κ1) is 18.5. The van der Waals surface area contributed by atoms with Crippen LogP contribution in [0.15, 0.2) is 48.5 Å². The molecule has 2 aromatic carbocycles. The van der Waals surface area contributed by atoms with E-state index in [4.69, 9.17) is 11.6 Å². The standard InChI is InChI=1S/C21H21ClN4O2/c22-15-7-9-16(10-8-15)24-20(27)13-26-18-4-2-1-3-17(18)25-19(26)11-12-23-21(28)14-5-6-14/h1-4,7-10,14H,5-6,11-13H2,(H,23,28)(H,24,27). The number of benzene rings is 2. The molecule has 1 aliphatic carbocycles. The van der Waals surface area contributed by atoms with Crippen molar-refractivity contribution in [3.05, 3.63) is 59.4 Å². The first-order valence-corrected chi connectivity index (χ1v) is 9.75. The average Bonchev–Trinajstić information content (AvgIpc) is 3.48. The van der Waals surface area contributed by atoms with Gasteiger partial charge in [0.2, 0.25) is 11.8 Å². The number of carbonyl (C=O) groups excluding carboxylic acids is 2. The van der Waals surface area contributed by atoms with Gasteiger partial charge in [0.25, 0.3) is 0 Å². The second-order valence-corrected chi connectivity index (χ2v) is 7.41. The third kappa shape index (κ3) is 4.34. The number of halogens is 1. The van der Waals surface area contributed by atoms with Crippen molar-refractivity contribution < 1.29 is 9.59 Å². The lowest BCUT2D eigenvalue weighted by molar-refractivity contribution is -0.122. The van der Waals surface area contributed by atoms with Crippen LogP contribution < -0.4 is 10.6 Å². The highest BCUT2D eigenvalue weighted by atomic mass is 35.5. The van der Waals surface area contributed by atoms with Gasteiger partial charge in [-0.3, -0.25) is 9.59 Å². The van der Waals surface area contributed by atoms with Gasteiger partial charge in [-0.1, -0.05) is 23.7 Å². The van der Waals surface area contributed by atoms with Gasteiger partial charge in [-0.15, -0.1) is 0 Å². The molecule has 1 fully saturated rings. The fourth-order valence-corrected chi connectivity index (χ4v) is 3.28. The van der Waals surface area contributed by atoms with Gasteiger partial charge in [0.05, 0.1) is 11.0 Å². The number of hydrogen-bond donors (Lipinski definition) is 2. The zero-order chi connectivity index (χ0) is 19.5. The highest BCUT2D eigenvalue weighted by Crippen LogP contribution is 2.28. The Hall–Kier alpha value is -2.86. The SMILES string of the molecule is O=C(Cn1c(CCNC(=O)C2CC2)nc2ccccc21)Nc1ccc(Cl)cc1. The average molecular weight is 397 g/mol. The topological polar surface area (TPSA) is 76.0 Å². The number of amides is 2. The highest BCUT2D eigenvalue weighted by molar-refractivity contribution is 6.30. The molecule has 1 saturated carbocycles. The van der Waals surface area contributed by atoms with E-state index in [0.717, 1.165) is 29.7 Å². The van der Waals surface area contributed by atoms with Gasteiger partial charge < -0.3 is 15.2 Å². The zero-order valence-electron chi connectivity index (χ0n) is 15.3. The Labute approximate surface area is 167 Å². The Bertz CT molecular complexity index is 1010. The molecule has 0 bridgehead atoms. The molecule has 0 atom stereocenters. The molecule has 0 spiro atoms. The van der Waals surface area contributed by atoms with Gasteiger partial charge >= 0.3 is 0 Å². The summed E-state index contributed by atoms with van der Waals surface area (Å²) in [5.41, 5.74) is 2.43. The number of para-hydroxylation sites is 2. The summed E-state index contributed by atoms with van der Waals surface area (Å²) < 4.78 is 1.91. The molecular weight excluding hydrogens is 376 g/mol. The van der Waals surface area contributed by atoms with Crippen molar-refractivity contribution in [3.8, 4) is 0 Å². The molecule has 28 heavy (non-hydrogen) atoms. The smallest absolute Gasteiger partial charge is 0.244 e. The summed E-state index contributed by atoms with van der Waals surface area (Å²) in [6.07, 6.45) is 2.53. The molecule has 0 unspecified atom stereocenters. The summed E-state index contributed by atoms with van der Waals surface area (Å²) in [7, 11) is 0. The van der Waals surface area contributed by atoms with Crippen molar-refractivity contribution >= 4 is 40.1 Å². The molecule has 1 heterocycles. The predicted octanol–water partition coefficient (Wildman–Crippen LogP) is 3.40. The zero-order valence-corrected chi connectivity index (χ0v) is 16.1. The van der Waals surface area contributed by atoms with E-state index < -0.39 is 0 Å². The molecule has 0 saturated heterocycles. The van der Waals surface area contributed by atoms with Gasteiger partial charge in [-0.05, 0) is 49.2 Å². The molecule has 4 rings (SSSR count). The maximum Gasteiger partial charge on any atom is 0.244 e. The van der Waals surface area contributed by atoms with Crippen molar-refractivity contribution in [1.82, 2.24) is 14.9 Å². The van der Waals surface area contributed by atoms with Crippen LogP contribution in [0.4, 0.5) is 5.69 Å². The molecule has 2 amide bonds. The molecule has 0 radical (unpaired) electrons. The number of fused-ring (bicyclic) bond motifs is 1. The number of nitrogens with zero attached hydrogens (tertiary/aromatic N) is 2. The van der Waals surface area contributed by atoms with Crippen LogP contribution in [0.2, 0.25) is 5.02 Å². The number of aromatic nitrogens is 2. The van der Waals surface area contributed by atoms with E-state index in [-0.39, 0.29) is 24.3 Å². The normalized spacial score (nSPS) is 13.5. The number of carbonyl (C=O) groups is 2. The number of anilines is 1. The number of nitrogens with one attached hydrogen (secondary N) is 2. The molecule has 144 valence electrons. The Morgan fingerprint density at radius 3 is 2.61 bits per heavy atom. The van der Waals surface area contributed by atoms with E-state index in [1.807, 2.05) is 28.8 Å². The van der Waals surface area contributed by atoms with E-state index in [0.29, 0.717) is 23.7 Å². The van der Waals surface area contributed by atoms with Crippen LogP contribution in [0.25, 0.3) is 11.0 Å². The maximum atomic E-state index is 12.6. The van der Waals surface area contributed by atoms with Gasteiger partial charge in [-0.2, -0.15) is 0 Å². The number of rotatable bonds is 7. The van der Waals surface area contributed by atoms with E-state index >= 15 is 0 Å². The third-order valence-corrected chi connectivity index (χ3v) is 5.01. The number of hydrogen-bond acceptors (Lipinski definition) is 3. The first-order valence-electron chi connectivity index (χ1n) is 9.37. The Balaban J connectivity index is 1.48. The lowest BCUT2D eigenvalue weighted by Crippen LogP contribution is -2.28. The monoisotopic (exact) mass is 396 g/mol. The molecule has 1 aliphatic rings. The van der Waals surface area contributed by atoms with Gasteiger partial charge in [-0.25, -0.2) is 4.98 Å². The van der Waals surface area contributed by atoms with Crippen molar-refractivity contribution in [1.29, 1.82) is 0 Å². The summed E-state index contributed by atoms with van der Waals surface area (Å²) in [6.45, 7) is 0.659. The second kappa shape index (κ2) is 8.02. The highest BCUT2D eigenvalue weighted by Gasteiger charge is 2.29. The quantitative estimate of drug-likeness (QED) is 0.642. The molecule has 0 aliphatic heterocycles. The minimum atomic E-state index is -0.145. The van der Waals surface area contributed by atoms with Crippen LogP contribution in [0.1, 0.15) is 18.7 Å². The van der Waals surface area contributed by atoms with Gasteiger partial charge in [0.15, 0.2) is 0 Å². The van der Waals surface area contributed by atoms with E-state index in [1.165, 1.54) is 0 Å². The Morgan fingerprint density at radius 1 is 1.11 bits per heavy atom. The Morgan fingerprint density at radius 2 is 1.86 bits per heavy atom. The van der Waals surface area contributed by atoms with Gasteiger partial charge in [0.1, 0.15) is 12.4 Å². The molecular formula is C21H21ClN4O2. The molecule has 3 aromatic rings. The lowest BCUT2D eigenvalue weighted by Gasteiger charge is -2.11. The first-order chi connectivity index (χ1) is 13.6. The van der Waals surface area contributed by atoms with Crippen LogP contribution in [-0.2, 0) is 22.6 Å². The molecule has 7 heteroatoms. The van der Waals surface area contributed by atoms with Crippen molar-refractivity contribution in [2.24, 2.45) is 5.92 Å². The number of imidazole rings is 1. The summed E-state index contributed by atoms with van der Waals surface area (Å²) in [5.74, 6) is 0.935. The van der Waals surface area contributed by atoms with E-state index in [9.17, 15) is 9.59 Å². The van der Waals surface area contributed by atoms with Crippen LogP contribution in [0.5, 0.6) is 0 Å². The van der Waals surface area contributed by atoms with Crippen molar-refractivity contribution in [2.75, 3.05) is 11.9 Å². The minimum Gasteiger partial charge on any atom is -0.355 e. The largest absolute Gasteiger partial charge is 0.355 e. The van der Waals surface area contributed by atoms with Crippen molar-refractivity contribution in [3.63, 3.8) is 0 Å². The van der Waals surface area contributed by atoms with E-state index in [2.05, 4.69) is 15.6 Å². The fraction of sp³-hybridized carbons (Fsp3) is 0.286. The van der Waals surface area contributed by atoms with Crippen LogP contribution >= 0.6 is 11.6 Å². The van der Waals surface area contributed by atoms with Crippen LogP contribution in [0, 0.1) is 5.92 Å². The Kier molecular flexibility index (Phi) is 5.30. The van der Waals surface area contributed by atoms with Crippen molar-refractivity contribution in [2.45, 2.75) is 25.8 Å².